The average Bonchev–Trinajstić information content (AvgIpc) is 2.29. The Balaban J connectivity index is 2.79. The number of nitrogen functional groups attached to an aromatic ring is 1. The molecule has 0 aliphatic rings. The van der Waals surface area contributed by atoms with Crippen molar-refractivity contribution in [2.45, 2.75) is 34.1 Å². The summed E-state index contributed by atoms with van der Waals surface area (Å²) in [5.74, 6) is -0.190. The van der Waals surface area contributed by atoms with Crippen LogP contribution < -0.4 is 10.5 Å². The minimum Gasteiger partial charge on any atom is -0.477 e. The number of hydrogen-bond acceptors (Lipinski definition) is 5. The molecule has 1 heterocycles. The van der Waals surface area contributed by atoms with Gasteiger partial charge in [0.1, 0.15) is 5.56 Å². The molecule has 0 radical (unpaired) electrons. The number of nitrogens with two attached hydrogens (primary N) is 1. The molecular formula is C14H22N2O3. The number of anilines is 1. The second-order valence-electron chi connectivity index (χ2n) is 5.50. The van der Waals surface area contributed by atoms with Gasteiger partial charge in [0.25, 0.3) is 0 Å². The average molecular weight is 266 g/mol. The predicted octanol–water partition coefficient (Wildman–Crippen LogP) is 2.66. The van der Waals surface area contributed by atoms with Crippen LogP contribution in [0.4, 0.5) is 5.69 Å². The highest BCUT2D eigenvalue weighted by Gasteiger charge is 2.17. The molecule has 0 amide bonds. The molecule has 1 aromatic heterocycles. The van der Waals surface area contributed by atoms with Crippen LogP contribution >= 0.6 is 0 Å². The van der Waals surface area contributed by atoms with Crippen molar-refractivity contribution in [1.29, 1.82) is 0 Å². The molecule has 5 nitrogen and oxygen atoms in total. The number of pyridine rings is 1. The Morgan fingerprint density at radius 2 is 2.11 bits per heavy atom. The van der Waals surface area contributed by atoms with Crippen molar-refractivity contribution in [3.8, 4) is 5.88 Å². The summed E-state index contributed by atoms with van der Waals surface area (Å²) < 4.78 is 10.5. The summed E-state index contributed by atoms with van der Waals surface area (Å²) in [6.07, 6.45) is 2.33. The van der Waals surface area contributed by atoms with Crippen molar-refractivity contribution < 1.29 is 14.3 Å². The van der Waals surface area contributed by atoms with Gasteiger partial charge in [0.05, 0.1) is 25.1 Å². The van der Waals surface area contributed by atoms with Crippen LogP contribution in [0.25, 0.3) is 0 Å². The van der Waals surface area contributed by atoms with Gasteiger partial charge in [0.15, 0.2) is 0 Å². The third-order valence-corrected chi connectivity index (χ3v) is 2.46. The number of ether oxygens (including phenoxy) is 2. The fourth-order valence-electron chi connectivity index (χ4n) is 1.39. The monoisotopic (exact) mass is 266 g/mol. The van der Waals surface area contributed by atoms with Crippen LogP contribution in [0, 0.1) is 5.41 Å². The molecule has 0 fully saturated rings. The third kappa shape index (κ3) is 5.16. The first kappa shape index (κ1) is 15.3. The fourth-order valence-corrected chi connectivity index (χ4v) is 1.39. The zero-order chi connectivity index (χ0) is 14.5. The summed E-state index contributed by atoms with van der Waals surface area (Å²) in [6.45, 7) is 8.91. The Hall–Kier alpha value is -1.78. The molecule has 1 aromatic rings. The summed E-state index contributed by atoms with van der Waals surface area (Å²) in [6, 6.07) is 1.53. The zero-order valence-electron chi connectivity index (χ0n) is 12.0. The highest BCUT2D eigenvalue weighted by molar-refractivity contribution is 5.92. The van der Waals surface area contributed by atoms with Gasteiger partial charge in [0.2, 0.25) is 5.88 Å². The van der Waals surface area contributed by atoms with E-state index in [1.165, 1.54) is 12.3 Å². The number of nitrogens with zero attached hydrogens (tertiary/aromatic N) is 1. The van der Waals surface area contributed by atoms with Crippen molar-refractivity contribution in [3.63, 3.8) is 0 Å². The quantitative estimate of drug-likeness (QED) is 0.829. The number of carbonyl (C=O) groups excluding carboxylic acids is 1. The molecule has 0 spiro atoms. The van der Waals surface area contributed by atoms with Crippen molar-refractivity contribution in [1.82, 2.24) is 4.98 Å². The van der Waals surface area contributed by atoms with Gasteiger partial charge in [-0.05, 0) is 24.8 Å². The molecule has 0 aromatic carbocycles. The fraction of sp³-hybridized carbons (Fsp3) is 0.571. The van der Waals surface area contributed by atoms with Crippen molar-refractivity contribution in [2.75, 3.05) is 18.9 Å². The molecule has 0 atom stereocenters. The van der Waals surface area contributed by atoms with Crippen LogP contribution in [0.3, 0.4) is 0 Å². The largest absolute Gasteiger partial charge is 0.477 e. The Labute approximate surface area is 114 Å². The highest BCUT2D eigenvalue weighted by Crippen LogP contribution is 2.22. The lowest BCUT2D eigenvalue weighted by Gasteiger charge is -2.18. The summed E-state index contributed by atoms with van der Waals surface area (Å²) in [4.78, 5) is 15.8. The van der Waals surface area contributed by atoms with E-state index in [1.807, 2.05) is 0 Å². The second kappa shape index (κ2) is 6.41. The number of hydrogen-bond donors (Lipinski definition) is 1. The Morgan fingerprint density at radius 3 is 2.68 bits per heavy atom. The second-order valence-corrected chi connectivity index (χ2v) is 5.50. The van der Waals surface area contributed by atoms with Crippen molar-refractivity contribution >= 4 is 11.7 Å². The number of carbonyl (C=O) groups is 1. The highest BCUT2D eigenvalue weighted by atomic mass is 16.5. The summed E-state index contributed by atoms with van der Waals surface area (Å²) in [5, 5.41) is 0. The molecule has 0 aliphatic heterocycles. The van der Waals surface area contributed by atoms with Crippen LogP contribution in [0.5, 0.6) is 5.88 Å². The molecule has 0 saturated heterocycles. The maximum Gasteiger partial charge on any atom is 0.343 e. The first-order valence-corrected chi connectivity index (χ1v) is 6.39. The molecule has 106 valence electrons. The molecule has 19 heavy (non-hydrogen) atoms. The van der Waals surface area contributed by atoms with E-state index in [9.17, 15) is 4.79 Å². The normalized spacial score (nSPS) is 11.2. The predicted molar refractivity (Wildman–Crippen MR) is 74.2 cm³/mol. The van der Waals surface area contributed by atoms with Gasteiger partial charge in [0, 0.05) is 0 Å². The standard InChI is InChI=1S/C14H22N2O3/c1-5-18-13(17)11-8-10(15)9-16-12(11)19-7-6-14(2,3)4/h8-9H,5-7,15H2,1-4H3. The van der Waals surface area contributed by atoms with Crippen LogP contribution in [-0.2, 0) is 4.74 Å². The van der Waals surface area contributed by atoms with Gasteiger partial charge >= 0.3 is 5.97 Å². The van der Waals surface area contributed by atoms with Gasteiger partial charge in [-0.2, -0.15) is 0 Å². The molecule has 1 rings (SSSR count). The number of rotatable bonds is 5. The molecule has 2 N–H and O–H groups in total. The van der Waals surface area contributed by atoms with Gasteiger partial charge in [-0.25, -0.2) is 9.78 Å². The maximum atomic E-state index is 11.8. The van der Waals surface area contributed by atoms with Crippen LogP contribution in [0.1, 0.15) is 44.5 Å². The molecule has 0 saturated carbocycles. The van der Waals surface area contributed by atoms with E-state index in [4.69, 9.17) is 15.2 Å². The van der Waals surface area contributed by atoms with Gasteiger partial charge < -0.3 is 15.2 Å². The number of esters is 1. The lowest BCUT2D eigenvalue weighted by Crippen LogP contribution is -2.14. The number of aromatic nitrogens is 1. The van der Waals surface area contributed by atoms with Gasteiger partial charge in [-0.3, -0.25) is 0 Å². The first-order valence-electron chi connectivity index (χ1n) is 6.39. The first-order chi connectivity index (χ1) is 8.83. The SMILES string of the molecule is CCOC(=O)c1cc(N)cnc1OCCC(C)(C)C. The van der Waals surface area contributed by atoms with E-state index < -0.39 is 5.97 Å². The molecule has 0 unspecified atom stereocenters. The Kier molecular flexibility index (Phi) is 5.15. The molecular weight excluding hydrogens is 244 g/mol. The van der Waals surface area contributed by atoms with Gasteiger partial charge in [-0.1, -0.05) is 20.8 Å². The summed E-state index contributed by atoms with van der Waals surface area (Å²) >= 11 is 0. The zero-order valence-corrected chi connectivity index (χ0v) is 12.0. The van der Waals surface area contributed by atoms with Crippen LogP contribution in [0.15, 0.2) is 12.3 Å². The smallest absolute Gasteiger partial charge is 0.343 e. The van der Waals surface area contributed by atoms with E-state index in [0.717, 1.165) is 6.42 Å². The van der Waals surface area contributed by atoms with Crippen molar-refractivity contribution in [2.24, 2.45) is 5.41 Å². The molecule has 0 aliphatic carbocycles. The third-order valence-electron chi connectivity index (χ3n) is 2.46. The van der Waals surface area contributed by atoms with Gasteiger partial charge in [-0.15, -0.1) is 0 Å². The van der Waals surface area contributed by atoms with Crippen LogP contribution in [0.2, 0.25) is 0 Å². The van der Waals surface area contributed by atoms with E-state index >= 15 is 0 Å². The molecule has 0 bridgehead atoms. The maximum absolute atomic E-state index is 11.8. The topological polar surface area (TPSA) is 74.4 Å². The van der Waals surface area contributed by atoms with E-state index in [2.05, 4.69) is 25.8 Å². The summed E-state index contributed by atoms with van der Waals surface area (Å²) in [5.41, 5.74) is 6.48. The van der Waals surface area contributed by atoms with Crippen LogP contribution in [-0.4, -0.2) is 24.2 Å². The van der Waals surface area contributed by atoms with Crippen molar-refractivity contribution in [3.05, 3.63) is 17.8 Å². The van der Waals surface area contributed by atoms with E-state index in [-0.39, 0.29) is 16.9 Å². The van der Waals surface area contributed by atoms with E-state index in [0.29, 0.717) is 18.9 Å². The summed E-state index contributed by atoms with van der Waals surface area (Å²) in [7, 11) is 0. The lowest BCUT2D eigenvalue weighted by molar-refractivity contribution is 0.0520. The lowest BCUT2D eigenvalue weighted by atomic mass is 9.93. The van der Waals surface area contributed by atoms with E-state index in [1.54, 1.807) is 6.92 Å². The Morgan fingerprint density at radius 1 is 1.42 bits per heavy atom. The molecule has 5 heteroatoms. The minimum absolute atomic E-state index is 0.165. The minimum atomic E-state index is -0.465. The Bertz CT molecular complexity index is 439.